The van der Waals surface area contributed by atoms with E-state index in [1.165, 1.54) is 4.72 Å². The summed E-state index contributed by atoms with van der Waals surface area (Å²) in [5.74, 6) is -4.48. The summed E-state index contributed by atoms with van der Waals surface area (Å²) in [5, 5.41) is 0. The second-order valence-electron chi connectivity index (χ2n) is 8.69. The van der Waals surface area contributed by atoms with Crippen molar-refractivity contribution in [2.24, 2.45) is 5.92 Å². The number of halogens is 8. The van der Waals surface area contributed by atoms with Crippen molar-refractivity contribution < 1.29 is 56.7 Å². The number of sulfonamides is 1. The van der Waals surface area contributed by atoms with Gasteiger partial charge in [0.2, 0.25) is 0 Å². The summed E-state index contributed by atoms with van der Waals surface area (Å²) in [7, 11) is -10.7. The van der Waals surface area contributed by atoms with Gasteiger partial charge in [0.25, 0.3) is 0 Å². The molecule has 2 aromatic rings. The van der Waals surface area contributed by atoms with Gasteiger partial charge in [-0.15, -0.1) is 0 Å². The first-order valence-corrected chi connectivity index (χ1v) is 13.5. The van der Waals surface area contributed by atoms with Crippen LogP contribution in [0, 0.1) is 17.6 Å². The maximum atomic E-state index is 15.1. The highest BCUT2D eigenvalue weighted by molar-refractivity contribution is 7.92. The molecule has 204 valence electrons. The Morgan fingerprint density at radius 1 is 0.892 bits per heavy atom. The average Bonchev–Trinajstić information content (AvgIpc) is 2.79. The molecule has 0 spiro atoms. The van der Waals surface area contributed by atoms with Gasteiger partial charge in [-0.05, 0) is 55.7 Å². The lowest BCUT2D eigenvalue weighted by Crippen LogP contribution is -2.56. The Morgan fingerprint density at radius 3 is 2.05 bits per heavy atom. The highest BCUT2D eigenvalue weighted by Gasteiger charge is 2.60. The van der Waals surface area contributed by atoms with Crippen LogP contribution in [0.2, 0.25) is 0 Å². The van der Waals surface area contributed by atoms with E-state index in [-0.39, 0.29) is 0 Å². The molecule has 3 atom stereocenters. The lowest BCUT2D eigenvalue weighted by Gasteiger charge is -2.49. The molecule has 2 aromatic carbocycles. The number of sulfone groups is 1. The first kappa shape index (κ1) is 27.6. The Morgan fingerprint density at radius 2 is 1.49 bits per heavy atom. The van der Waals surface area contributed by atoms with Gasteiger partial charge < -0.3 is 4.74 Å². The van der Waals surface area contributed by atoms with E-state index in [4.69, 9.17) is 4.74 Å². The van der Waals surface area contributed by atoms with Crippen LogP contribution in [0.5, 0.6) is 5.75 Å². The van der Waals surface area contributed by atoms with Crippen LogP contribution in [0.1, 0.15) is 30.4 Å². The van der Waals surface area contributed by atoms with Gasteiger partial charge in [-0.3, -0.25) is 0 Å². The summed E-state index contributed by atoms with van der Waals surface area (Å²) < 4.78 is 163. The molecule has 0 bridgehead atoms. The summed E-state index contributed by atoms with van der Waals surface area (Å²) in [6.45, 7) is -0.641. The van der Waals surface area contributed by atoms with E-state index >= 15 is 4.39 Å². The van der Waals surface area contributed by atoms with E-state index in [1.807, 2.05) is 0 Å². The molecule has 1 aliphatic heterocycles. The van der Waals surface area contributed by atoms with Crippen LogP contribution in [0.25, 0.3) is 0 Å². The van der Waals surface area contributed by atoms with Gasteiger partial charge in [0.1, 0.15) is 10.6 Å². The molecule has 1 N–H and O–H groups in total. The highest BCUT2D eigenvalue weighted by atomic mass is 32.2. The Balaban J connectivity index is 1.85. The number of nitrogens with one attached hydrogen (secondary N) is 1. The largest absolute Gasteiger partial charge is 0.511 e. The van der Waals surface area contributed by atoms with Gasteiger partial charge in [-0.1, -0.05) is 0 Å². The molecule has 2 aliphatic rings. The van der Waals surface area contributed by atoms with Crippen molar-refractivity contribution in [1.29, 1.82) is 0 Å². The SMILES string of the molecule is O=S(=O)(N[C@@H]1CC[C@@]2(S(=O)(=O)c3ccc(C(F)(F)F)cc3)c3c(F)ccc(F)c3OC[C@H]2C1)C(F)(F)F. The maximum absolute atomic E-state index is 15.1. The standard InChI is InChI=1S/C21H17F8NO5S2/c22-15-5-6-16(23)18-17(15)19(36(31,32)14-3-1-11(2-4-14)20(24,25)26)8-7-13(9-12(19)10-35-18)30-37(33,34)21(27,28)29/h1-6,12-13,30H,7-10H2/t12-,13-,19+/m1/s1. The second kappa shape index (κ2) is 8.80. The molecule has 0 saturated heterocycles. The predicted octanol–water partition coefficient (Wildman–Crippen LogP) is 4.65. The smallest absolute Gasteiger partial charge is 0.490 e. The number of fused-ring (bicyclic) bond motifs is 3. The van der Waals surface area contributed by atoms with Gasteiger partial charge in [0, 0.05) is 12.0 Å². The van der Waals surface area contributed by atoms with Crippen LogP contribution < -0.4 is 9.46 Å². The Kier molecular flexibility index (Phi) is 6.55. The quantitative estimate of drug-likeness (QED) is 0.533. The van der Waals surface area contributed by atoms with E-state index in [2.05, 4.69) is 0 Å². The van der Waals surface area contributed by atoms with Gasteiger partial charge in [0.15, 0.2) is 21.4 Å². The molecule has 4 rings (SSSR count). The summed E-state index contributed by atoms with van der Waals surface area (Å²) in [5.41, 5.74) is -7.57. The number of benzene rings is 2. The number of hydrogen-bond acceptors (Lipinski definition) is 5. The molecule has 1 aliphatic carbocycles. The minimum absolute atomic E-state index is 0.490. The fourth-order valence-corrected chi connectivity index (χ4v) is 8.09. The first-order chi connectivity index (χ1) is 16.9. The number of alkyl halides is 6. The van der Waals surface area contributed by atoms with Crippen molar-refractivity contribution >= 4 is 19.9 Å². The molecule has 1 fully saturated rings. The van der Waals surface area contributed by atoms with Gasteiger partial charge in [0.05, 0.1) is 22.6 Å². The summed E-state index contributed by atoms with van der Waals surface area (Å²) in [4.78, 5) is -0.670. The Bertz CT molecular complexity index is 1420. The van der Waals surface area contributed by atoms with Crippen LogP contribution >= 0.6 is 0 Å². The molecule has 1 heterocycles. The summed E-state index contributed by atoms with van der Waals surface area (Å²) in [6, 6.07) is 2.14. The van der Waals surface area contributed by atoms with E-state index in [1.54, 1.807) is 0 Å². The van der Waals surface area contributed by atoms with Crippen molar-refractivity contribution in [3.8, 4) is 5.75 Å². The van der Waals surface area contributed by atoms with Crippen LogP contribution in [0.15, 0.2) is 41.3 Å². The van der Waals surface area contributed by atoms with Crippen molar-refractivity contribution in [2.45, 2.75) is 46.6 Å². The maximum Gasteiger partial charge on any atom is 0.511 e. The van der Waals surface area contributed by atoms with E-state index in [0.717, 1.165) is 0 Å². The molecule has 6 nitrogen and oxygen atoms in total. The number of hydrogen-bond donors (Lipinski definition) is 1. The molecule has 0 radical (unpaired) electrons. The van der Waals surface area contributed by atoms with Crippen LogP contribution in [0.3, 0.4) is 0 Å². The third-order valence-corrected chi connectivity index (χ3v) is 10.4. The molecular formula is C21H17F8NO5S2. The van der Waals surface area contributed by atoms with E-state index < -0.39 is 108 Å². The first-order valence-electron chi connectivity index (χ1n) is 10.5. The minimum Gasteiger partial charge on any atom is -0.490 e. The number of ether oxygens (including phenoxy) is 1. The lowest BCUT2D eigenvalue weighted by molar-refractivity contribution is -0.137. The molecular weight excluding hydrogens is 562 g/mol. The second-order valence-corrected chi connectivity index (χ2v) is 12.6. The van der Waals surface area contributed by atoms with Gasteiger partial charge in [-0.25, -0.2) is 30.3 Å². The third kappa shape index (κ3) is 4.46. The highest BCUT2D eigenvalue weighted by Crippen LogP contribution is 2.56. The monoisotopic (exact) mass is 579 g/mol. The Hall–Kier alpha value is -2.46. The lowest BCUT2D eigenvalue weighted by atomic mass is 9.71. The van der Waals surface area contributed by atoms with Crippen molar-refractivity contribution in [3.05, 3.63) is 59.2 Å². The molecule has 37 heavy (non-hydrogen) atoms. The van der Waals surface area contributed by atoms with Crippen LogP contribution in [-0.4, -0.2) is 35.0 Å². The molecule has 0 amide bonds. The Labute approximate surface area is 205 Å². The van der Waals surface area contributed by atoms with Crippen LogP contribution in [-0.2, 0) is 30.8 Å². The van der Waals surface area contributed by atoms with Crippen molar-refractivity contribution in [1.82, 2.24) is 4.72 Å². The molecule has 0 unspecified atom stereocenters. The fraction of sp³-hybridized carbons (Fsp3) is 0.429. The van der Waals surface area contributed by atoms with Gasteiger partial charge >= 0.3 is 21.7 Å². The molecule has 16 heteroatoms. The number of rotatable bonds is 4. The van der Waals surface area contributed by atoms with Gasteiger partial charge in [-0.2, -0.15) is 26.3 Å². The van der Waals surface area contributed by atoms with Crippen molar-refractivity contribution in [3.63, 3.8) is 0 Å². The fourth-order valence-electron chi connectivity index (χ4n) is 4.94. The minimum atomic E-state index is -5.82. The molecule has 0 aromatic heterocycles. The molecule has 1 saturated carbocycles. The van der Waals surface area contributed by atoms with E-state index in [0.29, 0.717) is 36.4 Å². The van der Waals surface area contributed by atoms with E-state index in [9.17, 15) is 47.6 Å². The van der Waals surface area contributed by atoms with Crippen LogP contribution in [0.4, 0.5) is 35.1 Å². The topological polar surface area (TPSA) is 89.5 Å². The van der Waals surface area contributed by atoms with Crippen molar-refractivity contribution in [2.75, 3.05) is 6.61 Å². The zero-order chi connectivity index (χ0) is 27.6. The zero-order valence-corrected chi connectivity index (χ0v) is 20.0. The zero-order valence-electron chi connectivity index (χ0n) is 18.3. The third-order valence-electron chi connectivity index (χ3n) is 6.60. The normalized spacial score (nSPS) is 24.6. The predicted molar refractivity (Wildman–Crippen MR) is 111 cm³/mol. The summed E-state index contributed by atoms with van der Waals surface area (Å²) in [6.07, 6.45) is -6.59. The average molecular weight is 579 g/mol. The summed E-state index contributed by atoms with van der Waals surface area (Å²) >= 11 is 0.